The minimum Gasteiger partial charge on any atom is -0.481 e. The van der Waals surface area contributed by atoms with Gasteiger partial charge in [-0.1, -0.05) is 11.2 Å². The van der Waals surface area contributed by atoms with Crippen molar-refractivity contribution in [3.63, 3.8) is 0 Å². The van der Waals surface area contributed by atoms with Crippen LogP contribution in [0.2, 0.25) is 0 Å². The molecule has 4 aromatic heterocycles. The molecule has 0 atom stereocenters. The van der Waals surface area contributed by atoms with Crippen molar-refractivity contribution >= 4 is 5.65 Å². The van der Waals surface area contributed by atoms with Crippen LogP contribution in [0.15, 0.2) is 41.3 Å². The molecule has 0 spiro atoms. The predicted molar refractivity (Wildman–Crippen MR) is 84.6 cm³/mol. The molecule has 0 saturated heterocycles. The van der Waals surface area contributed by atoms with Crippen LogP contribution in [-0.2, 0) is 6.42 Å². The summed E-state index contributed by atoms with van der Waals surface area (Å²) in [6, 6.07) is 5.56. The van der Waals surface area contributed by atoms with Crippen LogP contribution < -0.4 is 4.74 Å². The van der Waals surface area contributed by atoms with Gasteiger partial charge in [0.25, 0.3) is 5.89 Å². The van der Waals surface area contributed by atoms with Gasteiger partial charge >= 0.3 is 0 Å². The zero-order valence-electron chi connectivity index (χ0n) is 13.2. The second kappa shape index (κ2) is 5.73. The molecule has 0 aromatic carbocycles. The number of ether oxygens (including phenoxy) is 1. The van der Waals surface area contributed by atoms with E-state index in [9.17, 15) is 0 Å². The monoisotopic (exact) mass is 322 g/mol. The van der Waals surface area contributed by atoms with Crippen LogP contribution in [0, 0.1) is 6.92 Å². The summed E-state index contributed by atoms with van der Waals surface area (Å²) in [5.74, 6) is 1.58. The Morgan fingerprint density at radius 3 is 2.88 bits per heavy atom. The molecule has 0 saturated carbocycles. The first-order valence-corrected chi connectivity index (χ1v) is 7.36. The minimum atomic E-state index is 0.425. The van der Waals surface area contributed by atoms with Crippen LogP contribution >= 0.6 is 0 Å². The van der Waals surface area contributed by atoms with Crippen LogP contribution in [0.4, 0.5) is 0 Å². The van der Waals surface area contributed by atoms with Crippen LogP contribution in [0.3, 0.4) is 0 Å². The van der Waals surface area contributed by atoms with Gasteiger partial charge < -0.3 is 9.26 Å². The molecule has 0 aliphatic rings. The van der Waals surface area contributed by atoms with Gasteiger partial charge in [-0.2, -0.15) is 10.1 Å². The highest BCUT2D eigenvalue weighted by molar-refractivity contribution is 5.57. The lowest BCUT2D eigenvalue weighted by Gasteiger charge is -2.02. The molecule has 0 aliphatic heterocycles. The first-order valence-electron chi connectivity index (χ1n) is 7.36. The molecule has 0 unspecified atom stereocenters. The summed E-state index contributed by atoms with van der Waals surface area (Å²) in [5.41, 5.74) is 3.41. The Labute approximate surface area is 137 Å². The van der Waals surface area contributed by atoms with Gasteiger partial charge in [0.1, 0.15) is 0 Å². The lowest BCUT2D eigenvalue weighted by molar-refractivity contribution is 0.397. The minimum absolute atomic E-state index is 0.425. The molecule has 4 rings (SSSR count). The Hall–Kier alpha value is -3.29. The third-order valence-corrected chi connectivity index (χ3v) is 3.72. The van der Waals surface area contributed by atoms with Crippen molar-refractivity contribution in [3.05, 3.63) is 53.9 Å². The largest absolute Gasteiger partial charge is 0.481 e. The standard InChI is InChI=1S/C16H14N6O2/c1-10-12(9-17-14-5-6-19-22(10)14)16-20-13(21-24-16)7-11-3-4-15(23-2)18-8-11/h3-6,8-9H,7H2,1-2H3. The van der Waals surface area contributed by atoms with Crippen molar-refractivity contribution in [2.24, 2.45) is 0 Å². The predicted octanol–water partition coefficient (Wildman–Crippen LogP) is 2.08. The normalized spacial score (nSPS) is 11.1. The Morgan fingerprint density at radius 2 is 2.08 bits per heavy atom. The molecule has 0 N–H and O–H groups in total. The lowest BCUT2D eigenvalue weighted by Crippen LogP contribution is -1.98. The van der Waals surface area contributed by atoms with Gasteiger partial charge in [0.15, 0.2) is 11.5 Å². The van der Waals surface area contributed by atoms with E-state index in [2.05, 4.69) is 25.2 Å². The quantitative estimate of drug-likeness (QED) is 0.568. The Kier molecular flexibility index (Phi) is 3.42. The van der Waals surface area contributed by atoms with Crippen LogP contribution in [-0.4, -0.2) is 36.8 Å². The van der Waals surface area contributed by atoms with Crippen molar-refractivity contribution in [2.45, 2.75) is 13.3 Å². The maximum Gasteiger partial charge on any atom is 0.261 e. The summed E-state index contributed by atoms with van der Waals surface area (Å²) in [7, 11) is 1.58. The average Bonchev–Trinajstić information content (AvgIpc) is 3.26. The average molecular weight is 322 g/mol. The van der Waals surface area contributed by atoms with E-state index in [1.54, 1.807) is 36.3 Å². The first kappa shape index (κ1) is 14.3. The number of fused-ring (bicyclic) bond motifs is 1. The van der Waals surface area contributed by atoms with E-state index >= 15 is 0 Å². The van der Waals surface area contributed by atoms with E-state index in [0.29, 0.717) is 24.0 Å². The third kappa shape index (κ3) is 2.47. The van der Waals surface area contributed by atoms with Gasteiger partial charge in [-0.15, -0.1) is 0 Å². The van der Waals surface area contributed by atoms with Gasteiger partial charge in [-0.3, -0.25) is 0 Å². The van der Waals surface area contributed by atoms with Crippen molar-refractivity contribution in [1.29, 1.82) is 0 Å². The molecular formula is C16H14N6O2. The van der Waals surface area contributed by atoms with Crippen LogP contribution in [0.25, 0.3) is 17.1 Å². The molecule has 8 nitrogen and oxygen atoms in total. The summed E-state index contributed by atoms with van der Waals surface area (Å²) in [6.45, 7) is 1.94. The number of nitrogens with zero attached hydrogens (tertiary/aromatic N) is 6. The molecule has 4 aromatic rings. The first-order chi connectivity index (χ1) is 11.7. The van der Waals surface area contributed by atoms with E-state index in [-0.39, 0.29) is 0 Å². The highest BCUT2D eigenvalue weighted by Crippen LogP contribution is 2.22. The molecule has 0 aliphatic carbocycles. The lowest BCUT2D eigenvalue weighted by atomic mass is 10.2. The number of aromatic nitrogens is 6. The molecule has 8 heteroatoms. The van der Waals surface area contributed by atoms with E-state index in [1.165, 1.54) is 0 Å². The summed E-state index contributed by atoms with van der Waals surface area (Å²) in [4.78, 5) is 13.0. The fraction of sp³-hybridized carbons (Fsp3) is 0.188. The third-order valence-electron chi connectivity index (χ3n) is 3.72. The summed E-state index contributed by atoms with van der Waals surface area (Å²) in [6.07, 6.45) is 5.68. The summed E-state index contributed by atoms with van der Waals surface area (Å²) in [5, 5.41) is 8.28. The van der Waals surface area contributed by atoms with Crippen LogP contribution in [0.5, 0.6) is 5.88 Å². The zero-order chi connectivity index (χ0) is 16.5. The van der Waals surface area contributed by atoms with Gasteiger partial charge in [-0.25, -0.2) is 14.5 Å². The summed E-state index contributed by atoms with van der Waals surface area (Å²) < 4.78 is 12.2. The molecular weight excluding hydrogens is 308 g/mol. The highest BCUT2D eigenvalue weighted by atomic mass is 16.5. The van der Waals surface area contributed by atoms with E-state index in [1.807, 2.05) is 19.1 Å². The Balaban J connectivity index is 1.62. The van der Waals surface area contributed by atoms with E-state index in [0.717, 1.165) is 22.5 Å². The second-order valence-corrected chi connectivity index (χ2v) is 5.26. The van der Waals surface area contributed by atoms with E-state index in [4.69, 9.17) is 9.26 Å². The number of hydrogen-bond acceptors (Lipinski definition) is 7. The number of rotatable bonds is 4. The van der Waals surface area contributed by atoms with Crippen molar-refractivity contribution in [2.75, 3.05) is 7.11 Å². The fourth-order valence-corrected chi connectivity index (χ4v) is 2.45. The van der Waals surface area contributed by atoms with Gasteiger partial charge in [-0.05, 0) is 12.5 Å². The van der Waals surface area contributed by atoms with Crippen molar-refractivity contribution < 1.29 is 9.26 Å². The Morgan fingerprint density at radius 1 is 1.17 bits per heavy atom. The van der Waals surface area contributed by atoms with Gasteiger partial charge in [0.05, 0.1) is 24.6 Å². The van der Waals surface area contributed by atoms with Crippen LogP contribution in [0.1, 0.15) is 17.1 Å². The number of aryl methyl sites for hydroxylation is 1. The molecule has 0 radical (unpaired) electrons. The fourth-order valence-electron chi connectivity index (χ4n) is 2.45. The SMILES string of the molecule is COc1ccc(Cc2noc(-c3cnc4ccnn4c3C)n2)cn1. The maximum absolute atomic E-state index is 5.39. The highest BCUT2D eigenvalue weighted by Gasteiger charge is 2.15. The molecule has 0 fully saturated rings. The zero-order valence-corrected chi connectivity index (χ0v) is 13.2. The smallest absolute Gasteiger partial charge is 0.261 e. The number of methoxy groups -OCH3 is 1. The van der Waals surface area contributed by atoms with Crippen molar-refractivity contribution in [3.8, 4) is 17.3 Å². The van der Waals surface area contributed by atoms with E-state index < -0.39 is 0 Å². The maximum atomic E-state index is 5.39. The second-order valence-electron chi connectivity index (χ2n) is 5.26. The summed E-state index contributed by atoms with van der Waals surface area (Å²) >= 11 is 0. The molecule has 0 bridgehead atoms. The number of pyridine rings is 1. The topological polar surface area (TPSA) is 91.2 Å². The molecule has 120 valence electrons. The molecule has 0 amide bonds. The molecule has 24 heavy (non-hydrogen) atoms. The van der Waals surface area contributed by atoms with Gasteiger partial charge in [0, 0.05) is 30.9 Å². The number of hydrogen-bond donors (Lipinski definition) is 0. The van der Waals surface area contributed by atoms with Crippen molar-refractivity contribution in [1.82, 2.24) is 29.7 Å². The molecule has 4 heterocycles. The Bertz CT molecular complexity index is 989. The van der Waals surface area contributed by atoms with Gasteiger partial charge in [0.2, 0.25) is 5.88 Å².